The van der Waals surface area contributed by atoms with Crippen molar-refractivity contribution in [2.24, 2.45) is 7.05 Å². The Balaban J connectivity index is 1.32. The minimum absolute atomic E-state index is 0.0461. The monoisotopic (exact) mass is 603 g/mol. The number of ether oxygens (including phenoxy) is 1. The molecule has 10 nitrogen and oxygen atoms in total. The average molecular weight is 604 g/mol. The molecule has 15 heteroatoms. The van der Waals surface area contributed by atoms with Crippen LogP contribution in [0.15, 0.2) is 43.1 Å². The summed E-state index contributed by atoms with van der Waals surface area (Å²) in [6.07, 6.45) is 3.88. The number of aryl methyl sites for hydroxylation is 1. The molecule has 0 spiro atoms. The molecule has 42 heavy (non-hydrogen) atoms. The van der Waals surface area contributed by atoms with Crippen LogP contribution in [0.25, 0.3) is 16.7 Å². The molecule has 0 saturated carbocycles. The number of aromatic nitrogens is 6. The van der Waals surface area contributed by atoms with Crippen molar-refractivity contribution in [3.8, 4) is 11.5 Å². The van der Waals surface area contributed by atoms with Crippen molar-refractivity contribution >= 4 is 39.9 Å². The summed E-state index contributed by atoms with van der Waals surface area (Å²) in [6.45, 7) is 1.34. The van der Waals surface area contributed by atoms with Crippen LogP contribution < -0.4 is 10.1 Å². The van der Waals surface area contributed by atoms with E-state index in [1.165, 1.54) is 17.0 Å². The molecule has 0 radical (unpaired) electrons. The minimum Gasteiger partial charge on any atom is -0.450 e. The lowest BCUT2D eigenvalue weighted by Gasteiger charge is -2.22. The summed E-state index contributed by atoms with van der Waals surface area (Å²) in [4.78, 5) is 16.8. The Labute approximate surface area is 242 Å². The van der Waals surface area contributed by atoms with E-state index in [2.05, 4.69) is 30.3 Å². The maximum Gasteiger partial charge on any atom is 0.416 e. The van der Waals surface area contributed by atoms with Gasteiger partial charge in [-0.1, -0.05) is 11.6 Å². The average Bonchev–Trinajstić information content (AvgIpc) is 3.66. The van der Waals surface area contributed by atoms with Crippen molar-refractivity contribution in [1.29, 1.82) is 0 Å². The number of likely N-dealkylation sites (N-methyl/N-ethyl adjacent to an activating group) is 1. The van der Waals surface area contributed by atoms with Crippen molar-refractivity contribution in [2.75, 3.05) is 32.5 Å². The zero-order valence-corrected chi connectivity index (χ0v) is 23.6. The van der Waals surface area contributed by atoms with Gasteiger partial charge in [0.2, 0.25) is 5.95 Å². The largest absolute Gasteiger partial charge is 0.450 e. The van der Waals surface area contributed by atoms with Gasteiger partial charge >= 0.3 is 6.18 Å². The molecule has 1 aliphatic heterocycles. The fourth-order valence-corrected chi connectivity index (χ4v) is 5.40. The number of rotatable bonds is 7. The summed E-state index contributed by atoms with van der Waals surface area (Å²) >= 11 is 6.67. The van der Waals surface area contributed by atoms with Crippen molar-refractivity contribution in [3.63, 3.8) is 0 Å². The van der Waals surface area contributed by atoms with E-state index in [-0.39, 0.29) is 46.2 Å². The first kappa shape index (κ1) is 28.1. The number of pyridine rings is 1. The van der Waals surface area contributed by atoms with Crippen LogP contribution >= 0.6 is 11.6 Å². The van der Waals surface area contributed by atoms with Crippen molar-refractivity contribution in [3.05, 3.63) is 65.1 Å². The molecule has 1 saturated heterocycles. The van der Waals surface area contributed by atoms with Gasteiger partial charge in [-0.3, -0.25) is 9.88 Å². The summed E-state index contributed by atoms with van der Waals surface area (Å²) in [5.41, 5.74) is -0.238. The van der Waals surface area contributed by atoms with Gasteiger partial charge in [0.1, 0.15) is 16.1 Å². The summed E-state index contributed by atoms with van der Waals surface area (Å²) in [5.74, 6) is -0.144. The molecule has 220 valence electrons. The fraction of sp³-hybridized carbons (Fsp3) is 0.333. The smallest absolute Gasteiger partial charge is 0.416 e. The molecule has 1 aromatic carbocycles. The second-order valence-corrected chi connectivity index (χ2v) is 10.8. The number of fused-ring (bicyclic) bond motifs is 2. The zero-order chi connectivity index (χ0) is 29.8. The molecule has 5 heterocycles. The molecule has 1 N–H and O–H groups in total. The van der Waals surface area contributed by atoms with Crippen LogP contribution in [0.5, 0.6) is 11.5 Å². The number of nitrogens with zero attached hydrogens (tertiary/aromatic N) is 8. The highest BCUT2D eigenvalue weighted by atomic mass is 35.5. The van der Waals surface area contributed by atoms with Gasteiger partial charge in [0.25, 0.3) is 0 Å². The standard InChI is InChI=1S/C27H26ClF4N9O/c1-38(2)17-4-6-40(14-17)13-15-8-16(27(30,31)32)9-18(23(15)29)36-26-37-25-24(39(26)3)22(28)21(11-34-25)42-20-12-35-41-7-5-33-10-19(20)41/h5,7-12,17H,4,6,13-14H2,1-3H3,(H,34,36,37)/t17-/m1/s1. The second kappa shape index (κ2) is 10.7. The lowest BCUT2D eigenvalue weighted by molar-refractivity contribution is -0.137. The van der Waals surface area contributed by atoms with Gasteiger partial charge in [0.15, 0.2) is 23.0 Å². The third-order valence-corrected chi connectivity index (χ3v) is 7.77. The third kappa shape index (κ3) is 5.21. The SMILES string of the molecule is CN(C)[C@@H]1CCN(Cc2cc(C(F)(F)F)cc(Nc3nc4ncc(Oc5cnn6ccncc56)c(Cl)c4n3C)c2F)C1. The summed E-state index contributed by atoms with van der Waals surface area (Å²) < 4.78 is 66.3. The summed E-state index contributed by atoms with van der Waals surface area (Å²) in [5, 5.41) is 7.09. The van der Waals surface area contributed by atoms with E-state index in [0.29, 0.717) is 29.9 Å². The number of hydrogen-bond donors (Lipinski definition) is 1. The van der Waals surface area contributed by atoms with E-state index in [4.69, 9.17) is 16.3 Å². The topological polar surface area (TPSA) is 88.6 Å². The van der Waals surface area contributed by atoms with Gasteiger partial charge in [-0.25, -0.2) is 13.9 Å². The van der Waals surface area contributed by atoms with Crippen LogP contribution in [0.3, 0.4) is 0 Å². The number of benzene rings is 1. The first-order valence-corrected chi connectivity index (χ1v) is 13.4. The number of imidazole rings is 1. The Hall–Kier alpha value is -4.01. The number of anilines is 2. The van der Waals surface area contributed by atoms with E-state index in [1.807, 2.05) is 19.0 Å². The summed E-state index contributed by atoms with van der Waals surface area (Å²) in [7, 11) is 5.49. The highest BCUT2D eigenvalue weighted by Crippen LogP contribution is 2.38. The van der Waals surface area contributed by atoms with Crippen LogP contribution in [0.1, 0.15) is 17.5 Å². The highest BCUT2D eigenvalue weighted by molar-refractivity contribution is 6.36. The summed E-state index contributed by atoms with van der Waals surface area (Å²) in [6, 6.07) is 1.87. The van der Waals surface area contributed by atoms with Crippen LogP contribution in [0, 0.1) is 5.82 Å². The molecule has 1 atom stereocenters. The number of halogens is 5. The Morgan fingerprint density at radius 3 is 2.71 bits per heavy atom. The number of alkyl halides is 3. The van der Waals surface area contributed by atoms with Gasteiger partial charge in [-0.15, -0.1) is 0 Å². The Morgan fingerprint density at radius 2 is 1.98 bits per heavy atom. The second-order valence-electron chi connectivity index (χ2n) is 10.4. The van der Waals surface area contributed by atoms with Gasteiger partial charge in [0.05, 0.1) is 29.8 Å². The van der Waals surface area contributed by atoms with E-state index < -0.39 is 17.6 Å². The van der Waals surface area contributed by atoms with Gasteiger partial charge < -0.3 is 19.5 Å². The predicted molar refractivity (Wildman–Crippen MR) is 149 cm³/mol. The van der Waals surface area contributed by atoms with E-state index in [0.717, 1.165) is 18.6 Å². The minimum atomic E-state index is -4.67. The number of likely N-dealkylation sites (tertiary alicyclic amines) is 1. The predicted octanol–water partition coefficient (Wildman–Crippen LogP) is 5.49. The van der Waals surface area contributed by atoms with E-state index in [9.17, 15) is 13.2 Å². The van der Waals surface area contributed by atoms with Gasteiger partial charge in [-0.2, -0.15) is 23.3 Å². The molecule has 1 aliphatic rings. The van der Waals surface area contributed by atoms with Crippen molar-refractivity contribution < 1.29 is 22.3 Å². The van der Waals surface area contributed by atoms with Crippen LogP contribution in [-0.4, -0.2) is 72.2 Å². The maximum atomic E-state index is 15.7. The van der Waals surface area contributed by atoms with Crippen molar-refractivity contribution in [1.82, 2.24) is 38.9 Å². The Kier molecular flexibility index (Phi) is 7.15. The molecule has 0 amide bonds. The molecular weight excluding hydrogens is 578 g/mol. The molecule has 0 bridgehead atoms. The molecular formula is C27H26ClF4N9O. The van der Waals surface area contributed by atoms with Crippen LogP contribution in [0.2, 0.25) is 5.02 Å². The van der Waals surface area contributed by atoms with Gasteiger partial charge in [0, 0.05) is 50.7 Å². The molecule has 0 unspecified atom stereocenters. The van der Waals surface area contributed by atoms with Gasteiger partial charge in [-0.05, 0) is 32.6 Å². The van der Waals surface area contributed by atoms with Crippen molar-refractivity contribution in [2.45, 2.75) is 25.2 Å². The Morgan fingerprint density at radius 1 is 1.17 bits per heavy atom. The first-order chi connectivity index (χ1) is 20.0. The third-order valence-electron chi connectivity index (χ3n) is 7.41. The molecule has 6 rings (SSSR count). The zero-order valence-electron chi connectivity index (χ0n) is 22.8. The van der Waals surface area contributed by atoms with Crippen LogP contribution in [0.4, 0.5) is 29.2 Å². The Bertz CT molecular complexity index is 1790. The first-order valence-electron chi connectivity index (χ1n) is 13.0. The normalized spacial score (nSPS) is 16.3. The number of nitrogens with one attached hydrogen (secondary N) is 1. The quantitative estimate of drug-likeness (QED) is 0.244. The lowest BCUT2D eigenvalue weighted by atomic mass is 10.1. The fourth-order valence-electron chi connectivity index (χ4n) is 5.10. The molecule has 5 aromatic rings. The van der Waals surface area contributed by atoms with E-state index in [1.54, 1.807) is 30.2 Å². The maximum absolute atomic E-state index is 15.7. The van der Waals surface area contributed by atoms with Crippen LogP contribution in [-0.2, 0) is 19.8 Å². The lowest BCUT2D eigenvalue weighted by Crippen LogP contribution is -2.31. The molecule has 4 aromatic heterocycles. The molecule has 1 fully saturated rings. The van der Waals surface area contributed by atoms with E-state index >= 15 is 4.39 Å². The highest BCUT2D eigenvalue weighted by Gasteiger charge is 2.34. The molecule has 0 aliphatic carbocycles. The number of hydrogen-bond acceptors (Lipinski definition) is 8.